The summed E-state index contributed by atoms with van der Waals surface area (Å²) in [5, 5.41) is 0. The average molecular weight is 150 g/mol. The minimum atomic E-state index is 0.150. The molecule has 0 rings (SSSR count). The molecule has 0 radical (unpaired) electrons. The number of hydrogen-bond donors (Lipinski definition) is 0. The first-order chi connectivity index (χ1) is 4.35. The highest BCUT2D eigenvalue weighted by atomic mass is 35.5. The lowest BCUT2D eigenvalue weighted by Crippen LogP contribution is -2.03. The van der Waals surface area contributed by atoms with Gasteiger partial charge in [0.25, 0.3) is 0 Å². The fourth-order valence-electron chi connectivity index (χ4n) is 0.356. The summed E-state index contributed by atoms with van der Waals surface area (Å²) in [7, 11) is 0. The predicted octanol–water partition coefficient (Wildman–Crippen LogP) is 1.16. The summed E-state index contributed by atoms with van der Waals surface area (Å²) in [6.07, 6.45) is 0.841. The minimum Gasteiger partial charge on any atom is -0.480 e. The van der Waals surface area contributed by atoms with E-state index in [9.17, 15) is 4.79 Å². The highest BCUT2D eigenvalue weighted by Crippen LogP contribution is 1.89. The van der Waals surface area contributed by atoms with Crippen molar-refractivity contribution in [3.8, 4) is 0 Å². The molecule has 0 aliphatic rings. The molecule has 0 atom stereocenters. The molecule has 0 aliphatic carbocycles. The van der Waals surface area contributed by atoms with Gasteiger partial charge >= 0.3 is 0 Å². The van der Waals surface area contributed by atoms with Gasteiger partial charge in [-0.3, -0.25) is 0 Å². The summed E-state index contributed by atoms with van der Waals surface area (Å²) in [5.41, 5.74) is 0. The molecular formula is C5H8ClNO2. The molecule has 9 heavy (non-hydrogen) atoms. The van der Waals surface area contributed by atoms with Crippen LogP contribution in [0.15, 0.2) is 4.51 Å². The van der Waals surface area contributed by atoms with Gasteiger partial charge in [-0.2, -0.15) is 0 Å². The third-order valence-electron chi connectivity index (χ3n) is 0.663. The molecule has 0 amide bonds. The Morgan fingerprint density at radius 2 is 2.56 bits per heavy atom. The van der Waals surface area contributed by atoms with Crippen molar-refractivity contribution in [2.75, 3.05) is 6.61 Å². The van der Waals surface area contributed by atoms with E-state index in [0.29, 0.717) is 12.9 Å². The molecule has 0 N–H and O–H groups in total. The Balaban J connectivity index is 3.55. The number of nitrogens with zero attached hydrogens (tertiary/aromatic N) is 1. The Hall–Kier alpha value is -0.570. The molecule has 52 valence electrons. The van der Waals surface area contributed by atoms with E-state index in [0.717, 1.165) is 0 Å². The van der Waals surface area contributed by atoms with Crippen molar-refractivity contribution < 1.29 is 9.53 Å². The SMILES string of the molecule is CCO/C(CC=O)=N\Cl. The Bertz CT molecular complexity index is 114. The molecule has 0 spiro atoms. The van der Waals surface area contributed by atoms with E-state index in [4.69, 9.17) is 16.5 Å². The molecule has 0 saturated carbocycles. The summed E-state index contributed by atoms with van der Waals surface area (Å²) in [6, 6.07) is 0. The molecule has 0 saturated heterocycles. The second-order valence-corrected chi connectivity index (χ2v) is 1.45. The van der Waals surface area contributed by atoms with Crippen LogP contribution in [0.2, 0.25) is 0 Å². The second kappa shape index (κ2) is 5.56. The smallest absolute Gasteiger partial charge is 0.208 e. The lowest BCUT2D eigenvalue weighted by Gasteiger charge is -1.98. The molecule has 0 heterocycles. The van der Waals surface area contributed by atoms with Gasteiger partial charge in [0.1, 0.15) is 6.29 Å². The molecule has 0 aliphatic heterocycles. The summed E-state index contributed by atoms with van der Waals surface area (Å²) in [4.78, 5) is 9.83. The normalized spacial score (nSPS) is 11.1. The quantitative estimate of drug-likeness (QED) is 0.343. The zero-order valence-electron chi connectivity index (χ0n) is 5.13. The van der Waals surface area contributed by atoms with Gasteiger partial charge in [-0.05, 0) is 6.92 Å². The molecule has 0 fully saturated rings. The first kappa shape index (κ1) is 8.43. The van der Waals surface area contributed by atoms with Crippen LogP contribution in [0.4, 0.5) is 0 Å². The Kier molecular flexibility index (Phi) is 5.21. The van der Waals surface area contributed by atoms with Crippen molar-refractivity contribution in [3.05, 3.63) is 0 Å². The van der Waals surface area contributed by atoms with Crippen molar-refractivity contribution in [3.63, 3.8) is 0 Å². The number of halogens is 1. The minimum absolute atomic E-state index is 0.150. The highest BCUT2D eigenvalue weighted by Gasteiger charge is 1.94. The van der Waals surface area contributed by atoms with Crippen LogP contribution in [0.25, 0.3) is 0 Å². The van der Waals surface area contributed by atoms with Gasteiger partial charge in [0, 0.05) is 11.8 Å². The lowest BCUT2D eigenvalue weighted by molar-refractivity contribution is -0.107. The van der Waals surface area contributed by atoms with Crippen molar-refractivity contribution in [1.82, 2.24) is 0 Å². The van der Waals surface area contributed by atoms with Gasteiger partial charge in [-0.15, -0.1) is 4.51 Å². The van der Waals surface area contributed by atoms with Crippen molar-refractivity contribution >= 4 is 24.0 Å². The van der Waals surface area contributed by atoms with Gasteiger partial charge in [0.05, 0.1) is 13.0 Å². The predicted molar refractivity (Wildman–Crippen MR) is 35.6 cm³/mol. The lowest BCUT2D eigenvalue weighted by atomic mass is 10.5. The van der Waals surface area contributed by atoms with Crippen LogP contribution in [-0.2, 0) is 9.53 Å². The van der Waals surface area contributed by atoms with E-state index >= 15 is 0 Å². The van der Waals surface area contributed by atoms with Crippen molar-refractivity contribution in [1.29, 1.82) is 0 Å². The van der Waals surface area contributed by atoms with E-state index in [-0.39, 0.29) is 12.3 Å². The summed E-state index contributed by atoms with van der Waals surface area (Å²) in [6.45, 7) is 2.28. The number of hydrogen-bond acceptors (Lipinski definition) is 3. The molecule has 0 aromatic rings. The summed E-state index contributed by atoms with van der Waals surface area (Å²) >= 11 is 5.03. The fraction of sp³-hybridized carbons (Fsp3) is 0.600. The average Bonchev–Trinajstić information content (AvgIpc) is 1.88. The Labute approximate surface area is 58.8 Å². The van der Waals surface area contributed by atoms with Crippen molar-refractivity contribution in [2.45, 2.75) is 13.3 Å². The van der Waals surface area contributed by atoms with Crippen molar-refractivity contribution in [2.24, 2.45) is 4.51 Å². The number of carbonyl (C=O) groups excluding carboxylic acids is 1. The number of aldehydes is 1. The standard InChI is InChI=1S/C5H8ClNO2/c1-2-9-5(7-6)3-4-8/h4H,2-3H2,1H3/b7-5-. The molecule has 0 unspecified atom stereocenters. The molecule has 0 aromatic heterocycles. The summed E-state index contributed by atoms with van der Waals surface area (Å²) in [5.74, 6) is 0.272. The monoisotopic (exact) mass is 149 g/mol. The maximum Gasteiger partial charge on any atom is 0.208 e. The van der Waals surface area contributed by atoms with E-state index in [1.54, 1.807) is 6.92 Å². The van der Waals surface area contributed by atoms with E-state index < -0.39 is 0 Å². The van der Waals surface area contributed by atoms with E-state index in [2.05, 4.69) is 4.51 Å². The fourth-order valence-corrected chi connectivity index (χ4v) is 0.474. The molecule has 4 heteroatoms. The topological polar surface area (TPSA) is 38.7 Å². The first-order valence-corrected chi connectivity index (χ1v) is 2.93. The van der Waals surface area contributed by atoms with Crippen LogP contribution in [-0.4, -0.2) is 18.8 Å². The number of ether oxygens (including phenoxy) is 1. The Morgan fingerprint density at radius 3 is 2.89 bits per heavy atom. The van der Waals surface area contributed by atoms with Gasteiger partial charge in [-0.25, -0.2) is 0 Å². The zero-order chi connectivity index (χ0) is 7.11. The zero-order valence-corrected chi connectivity index (χ0v) is 5.89. The van der Waals surface area contributed by atoms with Gasteiger partial charge in [0.2, 0.25) is 5.90 Å². The molecule has 3 nitrogen and oxygen atoms in total. The third kappa shape index (κ3) is 3.97. The second-order valence-electron chi connectivity index (χ2n) is 1.28. The van der Waals surface area contributed by atoms with E-state index in [1.165, 1.54) is 0 Å². The number of rotatable bonds is 3. The van der Waals surface area contributed by atoms with Crippen LogP contribution in [0, 0.1) is 0 Å². The van der Waals surface area contributed by atoms with Crippen LogP contribution in [0.5, 0.6) is 0 Å². The van der Waals surface area contributed by atoms with E-state index in [1.807, 2.05) is 0 Å². The largest absolute Gasteiger partial charge is 0.480 e. The van der Waals surface area contributed by atoms with Crippen LogP contribution >= 0.6 is 11.8 Å². The molecule has 0 aromatic carbocycles. The summed E-state index contributed by atoms with van der Waals surface area (Å²) < 4.78 is 8.02. The first-order valence-electron chi connectivity index (χ1n) is 2.59. The third-order valence-corrected chi connectivity index (χ3v) is 0.852. The number of carbonyl (C=O) groups is 1. The van der Waals surface area contributed by atoms with Crippen LogP contribution < -0.4 is 0 Å². The maximum absolute atomic E-state index is 9.83. The van der Waals surface area contributed by atoms with Crippen LogP contribution in [0.1, 0.15) is 13.3 Å². The van der Waals surface area contributed by atoms with Gasteiger partial charge in [-0.1, -0.05) is 0 Å². The molecular weight excluding hydrogens is 142 g/mol. The van der Waals surface area contributed by atoms with Gasteiger partial charge in [0.15, 0.2) is 0 Å². The molecule has 0 bridgehead atoms. The highest BCUT2D eigenvalue weighted by molar-refractivity contribution is 6.19. The van der Waals surface area contributed by atoms with Crippen LogP contribution in [0.3, 0.4) is 0 Å². The maximum atomic E-state index is 9.83. The van der Waals surface area contributed by atoms with Gasteiger partial charge < -0.3 is 9.53 Å². The Morgan fingerprint density at radius 1 is 1.89 bits per heavy atom.